The van der Waals surface area contributed by atoms with E-state index in [4.69, 9.17) is 0 Å². The van der Waals surface area contributed by atoms with Crippen molar-refractivity contribution in [3.05, 3.63) is 38.7 Å². The van der Waals surface area contributed by atoms with Gasteiger partial charge in [0.25, 0.3) is 11.5 Å². The number of hydrogen-bond acceptors (Lipinski definition) is 5. The lowest BCUT2D eigenvalue weighted by molar-refractivity contribution is -0.253. The van der Waals surface area contributed by atoms with Crippen LogP contribution in [-0.2, 0) is 14.1 Å². The van der Waals surface area contributed by atoms with E-state index in [0.717, 1.165) is 14.0 Å². The molecule has 140 valence electrons. The fourth-order valence-corrected chi connectivity index (χ4v) is 2.93. The third kappa shape index (κ3) is 2.59. The van der Waals surface area contributed by atoms with Crippen LogP contribution >= 0.6 is 0 Å². The van der Waals surface area contributed by atoms with Crippen LogP contribution in [0.4, 0.5) is 13.2 Å². The summed E-state index contributed by atoms with van der Waals surface area (Å²) in [6.45, 7) is -1.19. The highest BCUT2D eigenvalue weighted by Gasteiger charge is 2.57. The molecule has 8 nitrogen and oxygen atoms in total. The van der Waals surface area contributed by atoms with E-state index in [2.05, 4.69) is 4.98 Å². The van der Waals surface area contributed by atoms with E-state index >= 15 is 0 Å². The number of aryl methyl sites for hydroxylation is 1. The molecule has 0 aromatic carbocycles. The van der Waals surface area contributed by atoms with Crippen LogP contribution in [-0.4, -0.2) is 54.9 Å². The number of likely N-dealkylation sites (tertiary alicyclic amines) is 1. The van der Waals surface area contributed by atoms with Crippen LogP contribution in [0.15, 0.2) is 21.7 Å². The second kappa shape index (κ2) is 5.66. The van der Waals surface area contributed by atoms with Crippen LogP contribution < -0.4 is 11.2 Å². The standard InChI is InChI=1S/C15H15F3N4O4/c1-20-10-8(11(23)21(2)13(20)25)3-4-9(19-10)12(24)22-6-5-14(26,7-22)15(16,17)18/h3-4,26H,5-7H2,1-2H3. The molecule has 26 heavy (non-hydrogen) atoms. The summed E-state index contributed by atoms with van der Waals surface area (Å²) in [5.41, 5.74) is -4.46. The Morgan fingerprint density at radius 1 is 1.23 bits per heavy atom. The first-order valence-corrected chi connectivity index (χ1v) is 7.61. The Hall–Kier alpha value is -2.69. The summed E-state index contributed by atoms with van der Waals surface area (Å²) in [6.07, 6.45) is -5.48. The lowest BCUT2D eigenvalue weighted by Crippen LogP contribution is -2.48. The molecule has 1 amide bonds. The van der Waals surface area contributed by atoms with Gasteiger partial charge in [-0.05, 0) is 12.1 Å². The SMILES string of the molecule is Cn1c(=O)c2ccc(C(=O)N3CCC(O)(C(F)(F)F)C3)nc2n(C)c1=O. The number of fused-ring (bicyclic) bond motifs is 1. The van der Waals surface area contributed by atoms with Gasteiger partial charge >= 0.3 is 11.9 Å². The first-order valence-electron chi connectivity index (χ1n) is 7.61. The number of amides is 1. The number of nitrogens with zero attached hydrogens (tertiary/aromatic N) is 4. The van der Waals surface area contributed by atoms with Crippen molar-refractivity contribution < 1.29 is 23.1 Å². The predicted octanol–water partition coefficient (Wildman–Crippen LogP) is -0.228. The summed E-state index contributed by atoms with van der Waals surface area (Å²) in [4.78, 5) is 41.4. The number of hydrogen-bond donors (Lipinski definition) is 1. The Labute approximate surface area is 144 Å². The van der Waals surface area contributed by atoms with E-state index < -0.39 is 41.9 Å². The van der Waals surface area contributed by atoms with Crippen LogP contribution in [0, 0.1) is 0 Å². The molecule has 0 radical (unpaired) electrons. The molecule has 0 bridgehead atoms. The maximum atomic E-state index is 12.9. The first kappa shape index (κ1) is 18.1. The van der Waals surface area contributed by atoms with Crippen molar-refractivity contribution in [1.29, 1.82) is 0 Å². The van der Waals surface area contributed by atoms with Gasteiger partial charge in [0.05, 0.1) is 11.9 Å². The van der Waals surface area contributed by atoms with Crippen molar-refractivity contribution in [1.82, 2.24) is 19.0 Å². The number of β-amino-alcohol motifs (C(OH)–C–C–N with tert-alkyl or cyclic N) is 1. The largest absolute Gasteiger partial charge is 0.419 e. The zero-order chi connectivity index (χ0) is 19.4. The topological polar surface area (TPSA) is 97.4 Å². The number of carbonyl (C=O) groups excluding carboxylic acids is 1. The van der Waals surface area contributed by atoms with Gasteiger partial charge in [0, 0.05) is 27.1 Å². The molecule has 3 heterocycles. The molecule has 2 aromatic heterocycles. The van der Waals surface area contributed by atoms with Gasteiger partial charge < -0.3 is 10.0 Å². The molecule has 1 atom stereocenters. The van der Waals surface area contributed by atoms with E-state index in [9.17, 15) is 32.7 Å². The van der Waals surface area contributed by atoms with Gasteiger partial charge in [-0.3, -0.25) is 18.7 Å². The normalized spacial score (nSPS) is 20.8. The second-order valence-electron chi connectivity index (χ2n) is 6.28. The molecule has 0 aliphatic carbocycles. The highest BCUT2D eigenvalue weighted by atomic mass is 19.4. The van der Waals surface area contributed by atoms with Gasteiger partial charge in [-0.15, -0.1) is 0 Å². The number of rotatable bonds is 1. The third-order valence-corrected chi connectivity index (χ3v) is 4.58. The first-order chi connectivity index (χ1) is 12.0. The van der Waals surface area contributed by atoms with Crippen molar-refractivity contribution in [3.8, 4) is 0 Å². The number of halogens is 3. The number of alkyl halides is 3. The third-order valence-electron chi connectivity index (χ3n) is 4.58. The van der Waals surface area contributed by atoms with Gasteiger partial charge in [-0.2, -0.15) is 13.2 Å². The number of aromatic nitrogens is 3. The minimum atomic E-state index is -4.85. The number of carbonyl (C=O) groups is 1. The second-order valence-corrected chi connectivity index (χ2v) is 6.28. The maximum Gasteiger partial charge on any atom is 0.419 e. The molecule has 3 rings (SSSR count). The van der Waals surface area contributed by atoms with Crippen LogP contribution in [0.1, 0.15) is 16.9 Å². The molecular formula is C15H15F3N4O4. The Kier molecular flexibility index (Phi) is 3.94. The van der Waals surface area contributed by atoms with Crippen LogP contribution in [0.3, 0.4) is 0 Å². The van der Waals surface area contributed by atoms with Crippen LogP contribution in [0.25, 0.3) is 11.0 Å². The molecule has 1 aliphatic rings. The quantitative estimate of drug-likeness (QED) is 0.746. The molecule has 1 N–H and O–H groups in total. The number of aliphatic hydroxyl groups is 1. The molecule has 2 aromatic rings. The summed E-state index contributed by atoms with van der Waals surface area (Å²) in [5, 5.41) is 9.78. The minimum Gasteiger partial charge on any atom is -0.379 e. The summed E-state index contributed by atoms with van der Waals surface area (Å²) < 4.78 is 40.6. The maximum absolute atomic E-state index is 12.9. The Morgan fingerprint density at radius 3 is 2.46 bits per heavy atom. The zero-order valence-corrected chi connectivity index (χ0v) is 13.9. The van der Waals surface area contributed by atoms with E-state index in [1.807, 2.05) is 0 Å². The predicted molar refractivity (Wildman–Crippen MR) is 83.8 cm³/mol. The number of pyridine rings is 1. The van der Waals surface area contributed by atoms with E-state index in [-0.39, 0.29) is 23.3 Å². The minimum absolute atomic E-state index is 0.0470. The molecule has 0 spiro atoms. The summed E-state index contributed by atoms with van der Waals surface area (Å²) in [5.74, 6) is -0.819. The molecular weight excluding hydrogens is 357 g/mol. The van der Waals surface area contributed by atoms with Gasteiger partial charge in [0.2, 0.25) is 0 Å². The van der Waals surface area contributed by atoms with Crippen molar-refractivity contribution >= 4 is 16.9 Å². The lowest BCUT2D eigenvalue weighted by atomic mass is 10.0. The summed E-state index contributed by atoms with van der Waals surface area (Å²) in [6, 6.07) is 2.50. The van der Waals surface area contributed by atoms with Crippen LogP contribution in [0.5, 0.6) is 0 Å². The van der Waals surface area contributed by atoms with Crippen LogP contribution in [0.2, 0.25) is 0 Å². The van der Waals surface area contributed by atoms with Crippen molar-refractivity contribution in [2.45, 2.75) is 18.2 Å². The Bertz CT molecular complexity index is 1030. The monoisotopic (exact) mass is 372 g/mol. The molecule has 1 aliphatic heterocycles. The molecule has 0 saturated carbocycles. The molecule has 1 fully saturated rings. The molecule has 1 saturated heterocycles. The summed E-state index contributed by atoms with van der Waals surface area (Å²) in [7, 11) is 2.66. The van der Waals surface area contributed by atoms with Crippen molar-refractivity contribution in [3.63, 3.8) is 0 Å². The van der Waals surface area contributed by atoms with Crippen molar-refractivity contribution in [2.75, 3.05) is 13.1 Å². The van der Waals surface area contributed by atoms with Gasteiger partial charge in [0.15, 0.2) is 5.60 Å². The fourth-order valence-electron chi connectivity index (χ4n) is 2.93. The van der Waals surface area contributed by atoms with Crippen molar-refractivity contribution in [2.24, 2.45) is 14.1 Å². The van der Waals surface area contributed by atoms with Gasteiger partial charge in [-0.1, -0.05) is 0 Å². The average molecular weight is 372 g/mol. The Balaban J connectivity index is 2.01. The van der Waals surface area contributed by atoms with E-state index in [1.165, 1.54) is 26.2 Å². The average Bonchev–Trinajstić information content (AvgIpc) is 3.00. The summed E-state index contributed by atoms with van der Waals surface area (Å²) >= 11 is 0. The Morgan fingerprint density at radius 2 is 1.88 bits per heavy atom. The van der Waals surface area contributed by atoms with Gasteiger partial charge in [-0.25, -0.2) is 9.78 Å². The zero-order valence-electron chi connectivity index (χ0n) is 13.9. The van der Waals surface area contributed by atoms with Gasteiger partial charge in [0.1, 0.15) is 11.3 Å². The van der Waals surface area contributed by atoms with E-state index in [1.54, 1.807) is 0 Å². The lowest BCUT2D eigenvalue weighted by Gasteiger charge is -2.25. The smallest absolute Gasteiger partial charge is 0.379 e. The highest BCUT2D eigenvalue weighted by Crippen LogP contribution is 2.37. The highest BCUT2D eigenvalue weighted by molar-refractivity contribution is 5.94. The fraction of sp³-hybridized carbons (Fsp3) is 0.467. The molecule has 1 unspecified atom stereocenters. The molecule has 11 heteroatoms. The van der Waals surface area contributed by atoms with E-state index in [0.29, 0.717) is 0 Å².